The van der Waals surface area contributed by atoms with Crippen LogP contribution in [0.5, 0.6) is 11.5 Å². The quantitative estimate of drug-likeness (QED) is 0.507. The molecule has 158 valence electrons. The standard InChI is InChI=1S/C23H24N6O2/c1-2-12-28-13-17(14-30-28)29-23-20(22(24)25-15-26-23)21(27-29)16-8-10-19(11-9-16)31-18-6-4-3-5-7-18/h3-11,15,17H,2,12-14H2,1H3,(H2,24,25,26). The highest BCUT2D eigenvalue weighted by atomic mass is 16.7. The molecule has 8 heteroatoms. The van der Waals surface area contributed by atoms with Gasteiger partial charge in [-0.1, -0.05) is 25.1 Å². The Kier molecular flexibility index (Phi) is 5.23. The zero-order chi connectivity index (χ0) is 21.2. The van der Waals surface area contributed by atoms with Gasteiger partial charge in [0.25, 0.3) is 0 Å². The molecule has 0 bridgehead atoms. The Morgan fingerprint density at radius 1 is 1.06 bits per heavy atom. The molecule has 2 N–H and O–H groups in total. The fourth-order valence-electron chi connectivity index (χ4n) is 3.84. The lowest BCUT2D eigenvalue weighted by molar-refractivity contribution is -0.109. The smallest absolute Gasteiger partial charge is 0.164 e. The lowest BCUT2D eigenvalue weighted by Crippen LogP contribution is -2.22. The van der Waals surface area contributed by atoms with Gasteiger partial charge in [-0.2, -0.15) is 10.2 Å². The molecule has 1 atom stereocenters. The number of benzene rings is 2. The summed E-state index contributed by atoms with van der Waals surface area (Å²) >= 11 is 0. The maximum Gasteiger partial charge on any atom is 0.164 e. The van der Waals surface area contributed by atoms with Gasteiger partial charge in [-0.25, -0.2) is 14.6 Å². The summed E-state index contributed by atoms with van der Waals surface area (Å²) in [5, 5.41) is 7.64. The molecule has 2 aromatic heterocycles. The molecule has 5 rings (SSSR count). The average molecular weight is 416 g/mol. The molecule has 4 aromatic rings. The van der Waals surface area contributed by atoms with Crippen LogP contribution < -0.4 is 10.5 Å². The molecular weight excluding hydrogens is 392 g/mol. The van der Waals surface area contributed by atoms with E-state index in [4.69, 9.17) is 20.4 Å². The van der Waals surface area contributed by atoms with Gasteiger partial charge in [0.05, 0.1) is 18.0 Å². The van der Waals surface area contributed by atoms with Gasteiger partial charge in [-0.05, 0) is 42.8 Å². The van der Waals surface area contributed by atoms with Crippen LogP contribution in [0.1, 0.15) is 19.4 Å². The SMILES string of the molecule is CCCN1CC(n2nc(-c3ccc(Oc4ccccc4)cc3)c3c(N)ncnc32)CO1. The summed E-state index contributed by atoms with van der Waals surface area (Å²) in [7, 11) is 0. The number of rotatable bonds is 6. The fraction of sp³-hybridized carbons (Fsp3) is 0.261. The number of aromatic nitrogens is 4. The van der Waals surface area contributed by atoms with Crippen LogP contribution in [-0.4, -0.2) is 44.5 Å². The summed E-state index contributed by atoms with van der Waals surface area (Å²) in [6, 6.07) is 17.6. The minimum Gasteiger partial charge on any atom is -0.457 e. The number of ether oxygens (including phenoxy) is 1. The zero-order valence-corrected chi connectivity index (χ0v) is 17.3. The molecule has 1 aliphatic rings. The van der Waals surface area contributed by atoms with E-state index in [1.54, 1.807) is 0 Å². The number of fused-ring (bicyclic) bond motifs is 1. The maximum absolute atomic E-state index is 6.24. The maximum atomic E-state index is 6.24. The van der Waals surface area contributed by atoms with E-state index in [1.807, 2.05) is 64.3 Å². The number of nitrogens with zero attached hydrogens (tertiary/aromatic N) is 5. The lowest BCUT2D eigenvalue weighted by Gasteiger charge is -2.12. The van der Waals surface area contributed by atoms with Crippen molar-refractivity contribution in [2.75, 3.05) is 25.4 Å². The third-order valence-electron chi connectivity index (χ3n) is 5.31. The van der Waals surface area contributed by atoms with Gasteiger partial charge in [0, 0.05) is 18.7 Å². The molecule has 0 saturated carbocycles. The van der Waals surface area contributed by atoms with Crippen LogP contribution in [0, 0.1) is 0 Å². The van der Waals surface area contributed by atoms with Gasteiger partial charge >= 0.3 is 0 Å². The second-order valence-electron chi connectivity index (χ2n) is 7.53. The Bertz CT molecular complexity index is 1180. The second-order valence-corrected chi connectivity index (χ2v) is 7.53. The highest BCUT2D eigenvalue weighted by molar-refractivity contribution is 5.98. The van der Waals surface area contributed by atoms with E-state index in [0.717, 1.165) is 53.3 Å². The summed E-state index contributed by atoms with van der Waals surface area (Å²) in [6.45, 7) is 4.35. The first-order chi connectivity index (χ1) is 15.2. The van der Waals surface area contributed by atoms with Crippen molar-refractivity contribution in [3.63, 3.8) is 0 Å². The number of anilines is 1. The van der Waals surface area contributed by atoms with Gasteiger partial charge in [0.2, 0.25) is 0 Å². The van der Waals surface area contributed by atoms with Crippen molar-refractivity contribution in [1.82, 2.24) is 24.8 Å². The Labute approximate surface area is 180 Å². The average Bonchev–Trinajstić information content (AvgIpc) is 3.41. The van der Waals surface area contributed by atoms with E-state index in [9.17, 15) is 0 Å². The van der Waals surface area contributed by atoms with E-state index in [2.05, 4.69) is 16.9 Å². The Balaban J connectivity index is 1.48. The molecule has 0 aliphatic carbocycles. The Hall–Kier alpha value is -3.49. The second kappa shape index (κ2) is 8.33. The minimum atomic E-state index is 0.0674. The predicted molar refractivity (Wildman–Crippen MR) is 119 cm³/mol. The van der Waals surface area contributed by atoms with Crippen LogP contribution in [0.25, 0.3) is 22.3 Å². The van der Waals surface area contributed by atoms with Crippen molar-refractivity contribution >= 4 is 16.9 Å². The van der Waals surface area contributed by atoms with Crippen molar-refractivity contribution in [3.8, 4) is 22.8 Å². The normalized spacial score (nSPS) is 16.7. The van der Waals surface area contributed by atoms with Crippen molar-refractivity contribution in [1.29, 1.82) is 0 Å². The molecule has 1 unspecified atom stereocenters. The van der Waals surface area contributed by atoms with Gasteiger partial charge in [-0.3, -0.25) is 4.84 Å². The summed E-state index contributed by atoms with van der Waals surface area (Å²) in [5.41, 5.74) is 8.65. The first kappa shape index (κ1) is 19.5. The van der Waals surface area contributed by atoms with Gasteiger partial charge in [-0.15, -0.1) is 0 Å². The topological polar surface area (TPSA) is 91.3 Å². The Morgan fingerprint density at radius 3 is 2.61 bits per heavy atom. The van der Waals surface area contributed by atoms with Crippen molar-refractivity contribution in [2.24, 2.45) is 0 Å². The van der Waals surface area contributed by atoms with Gasteiger partial charge < -0.3 is 10.5 Å². The van der Waals surface area contributed by atoms with Crippen LogP contribution in [0.2, 0.25) is 0 Å². The molecule has 0 amide bonds. The zero-order valence-electron chi connectivity index (χ0n) is 17.3. The first-order valence-electron chi connectivity index (χ1n) is 10.4. The molecule has 0 radical (unpaired) electrons. The minimum absolute atomic E-state index is 0.0674. The number of nitrogens with two attached hydrogens (primary N) is 1. The molecule has 3 heterocycles. The third-order valence-corrected chi connectivity index (χ3v) is 5.31. The summed E-state index contributed by atoms with van der Waals surface area (Å²) in [4.78, 5) is 14.5. The van der Waals surface area contributed by atoms with E-state index >= 15 is 0 Å². The van der Waals surface area contributed by atoms with E-state index < -0.39 is 0 Å². The van der Waals surface area contributed by atoms with Crippen LogP contribution >= 0.6 is 0 Å². The van der Waals surface area contributed by atoms with Crippen molar-refractivity contribution in [2.45, 2.75) is 19.4 Å². The molecule has 0 spiro atoms. The highest BCUT2D eigenvalue weighted by Gasteiger charge is 2.29. The summed E-state index contributed by atoms with van der Waals surface area (Å²) in [5.74, 6) is 1.96. The van der Waals surface area contributed by atoms with Crippen molar-refractivity contribution in [3.05, 3.63) is 60.9 Å². The molecule has 2 aromatic carbocycles. The number of nitrogen functional groups attached to an aromatic ring is 1. The number of hydroxylamine groups is 2. The fourth-order valence-corrected chi connectivity index (χ4v) is 3.84. The van der Waals surface area contributed by atoms with Crippen LogP contribution in [-0.2, 0) is 4.84 Å². The summed E-state index contributed by atoms with van der Waals surface area (Å²) < 4.78 is 7.83. The Morgan fingerprint density at radius 2 is 1.84 bits per heavy atom. The first-order valence-corrected chi connectivity index (χ1v) is 10.4. The number of para-hydroxylation sites is 1. The van der Waals surface area contributed by atoms with Crippen molar-refractivity contribution < 1.29 is 9.57 Å². The van der Waals surface area contributed by atoms with Crippen LogP contribution in [0.15, 0.2) is 60.9 Å². The molecule has 1 saturated heterocycles. The van der Waals surface area contributed by atoms with E-state index in [-0.39, 0.29) is 6.04 Å². The van der Waals surface area contributed by atoms with E-state index in [1.165, 1.54) is 6.33 Å². The third kappa shape index (κ3) is 3.83. The van der Waals surface area contributed by atoms with E-state index in [0.29, 0.717) is 12.4 Å². The molecular formula is C23H24N6O2. The molecule has 8 nitrogen and oxygen atoms in total. The van der Waals surface area contributed by atoms with Gasteiger partial charge in [0.1, 0.15) is 29.3 Å². The number of hydrogen-bond donors (Lipinski definition) is 1. The largest absolute Gasteiger partial charge is 0.457 e. The van der Waals surface area contributed by atoms with Crippen LogP contribution in [0.4, 0.5) is 5.82 Å². The lowest BCUT2D eigenvalue weighted by atomic mass is 10.1. The monoisotopic (exact) mass is 416 g/mol. The highest BCUT2D eigenvalue weighted by Crippen LogP contribution is 2.34. The van der Waals surface area contributed by atoms with Gasteiger partial charge in [0.15, 0.2) is 5.65 Å². The number of hydrogen-bond acceptors (Lipinski definition) is 7. The molecule has 1 aliphatic heterocycles. The predicted octanol–water partition coefficient (Wildman–Crippen LogP) is 4.07. The molecule has 31 heavy (non-hydrogen) atoms. The molecule has 1 fully saturated rings. The summed E-state index contributed by atoms with van der Waals surface area (Å²) in [6.07, 6.45) is 2.51. The van der Waals surface area contributed by atoms with Crippen LogP contribution in [0.3, 0.4) is 0 Å².